The van der Waals surface area contributed by atoms with Crippen molar-refractivity contribution >= 4 is 5.91 Å². The summed E-state index contributed by atoms with van der Waals surface area (Å²) in [6.45, 7) is 3.95. The number of rotatable bonds is 5. The summed E-state index contributed by atoms with van der Waals surface area (Å²) in [5.41, 5.74) is 0. The number of hydrazine groups is 1. The highest BCUT2D eigenvalue weighted by Crippen LogP contribution is 2.29. The van der Waals surface area contributed by atoms with Crippen LogP contribution in [0, 0.1) is 0 Å². The minimum Gasteiger partial charge on any atom is -0.383 e. The predicted molar refractivity (Wildman–Crippen MR) is 71.0 cm³/mol. The summed E-state index contributed by atoms with van der Waals surface area (Å²) in [5.74, 6) is 0.322. The first kappa shape index (κ1) is 13.8. The number of hydrogen-bond donors (Lipinski definition) is 0. The third-order valence-electron chi connectivity index (χ3n) is 4.13. The molecular formula is C14H26N2O2. The number of piperidine rings is 1. The molecule has 2 aliphatic heterocycles. The Morgan fingerprint density at radius 1 is 1.28 bits per heavy atom. The quantitative estimate of drug-likeness (QED) is 0.754. The topological polar surface area (TPSA) is 32.8 Å². The second-order valence-corrected chi connectivity index (χ2v) is 5.49. The summed E-state index contributed by atoms with van der Waals surface area (Å²) < 4.78 is 5.30. The van der Waals surface area contributed by atoms with Gasteiger partial charge in [0.2, 0.25) is 5.91 Å². The molecule has 104 valence electrons. The lowest BCUT2D eigenvalue weighted by Gasteiger charge is -2.43. The Bertz CT molecular complexity index is 281. The van der Waals surface area contributed by atoms with Gasteiger partial charge in [-0.05, 0) is 32.1 Å². The van der Waals surface area contributed by atoms with E-state index in [0.717, 1.165) is 51.7 Å². The van der Waals surface area contributed by atoms with Crippen LogP contribution in [0.1, 0.15) is 51.9 Å². The molecule has 2 heterocycles. The number of hydrogen-bond acceptors (Lipinski definition) is 3. The average Bonchev–Trinajstić information content (AvgIpc) is 2.78. The SMILES string of the molecule is CCC[C@H]1CCCC(=O)N1N1CCC[C@H]1COC. The van der Waals surface area contributed by atoms with Crippen LogP contribution in [0.3, 0.4) is 0 Å². The molecule has 0 spiro atoms. The zero-order valence-electron chi connectivity index (χ0n) is 11.7. The molecule has 2 rings (SSSR count). The molecule has 0 saturated carbocycles. The Kier molecular flexibility index (Phi) is 5.01. The van der Waals surface area contributed by atoms with Crippen LogP contribution in [0.5, 0.6) is 0 Å². The van der Waals surface area contributed by atoms with Gasteiger partial charge >= 0.3 is 0 Å². The van der Waals surface area contributed by atoms with Crippen LogP contribution in [0.2, 0.25) is 0 Å². The van der Waals surface area contributed by atoms with E-state index in [1.165, 1.54) is 6.42 Å². The zero-order chi connectivity index (χ0) is 13.0. The highest BCUT2D eigenvalue weighted by molar-refractivity contribution is 5.76. The second-order valence-electron chi connectivity index (χ2n) is 5.49. The van der Waals surface area contributed by atoms with E-state index in [0.29, 0.717) is 18.0 Å². The van der Waals surface area contributed by atoms with Crippen molar-refractivity contribution in [1.82, 2.24) is 10.0 Å². The van der Waals surface area contributed by atoms with Crippen molar-refractivity contribution in [2.45, 2.75) is 64.0 Å². The molecule has 0 aromatic heterocycles. The fraction of sp³-hybridized carbons (Fsp3) is 0.929. The van der Waals surface area contributed by atoms with Gasteiger partial charge in [0.25, 0.3) is 0 Å². The van der Waals surface area contributed by atoms with Crippen LogP contribution in [-0.4, -0.2) is 48.3 Å². The van der Waals surface area contributed by atoms with Gasteiger partial charge in [-0.1, -0.05) is 13.3 Å². The van der Waals surface area contributed by atoms with Crippen LogP contribution >= 0.6 is 0 Å². The molecular weight excluding hydrogens is 228 g/mol. The maximum atomic E-state index is 12.3. The van der Waals surface area contributed by atoms with Gasteiger partial charge in [0, 0.05) is 26.1 Å². The highest BCUT2D eigenvalue weighted by atomic mass is 16.5. The Morgan fingerprint density at radius 2 is 2.06 bits per heavy atom. The third kappa shape index (κ3) is 2.86. The van der Waals surface area contributed by atoms with Gasteiger partial charge in [0.15, 0.2) is 0 Å². The van der Waals surface area contributed by atoms with E-state index in [4.69, 9.17) is 4.74 Å². The Hall–Kier alpha value is -0.610. The first-order chi connectivity index (χ1) is 8.77. The molecule has 2 aliphatic rings. The number of ether oxygens (including phenoxy) is 1. The highest BCUT2D eigenvalue weighted by Gasteiger charge is 2.37. The van der Waals surface area contributed by atoms with Gasteiger partial charge in [-0.25, -0.2) is 5.01 Å². The van der Waals surface area contributed by atoms with Crippen molar-refractivity contribution in [3.63, 3.8) is 0 Å². The molecule has 0 aromatic carbocycles. The molecule has 0 N–H and O–H groups in total. The first-order valence-corrected chi connectivity index (χ1v) is 7.35. The van der Waals surface area contributed by atoms with E-state index < -0.39 is 0 Å². The lowest BCUT2D eigenvalue weighted by Crippen LogP contribution is -2.56. The van der Waals surface area contributed by atoms with E-state index >= 15 is 0 Å². The van der Waals surface area contributed by atoms with Gasteiger partial charge < -0.3 is 4.74 Å². The monoisotopic (exact) mass is 254 g/mol. The molecule has 0 aliphatic carbocycles. The summed E-state index contributed by atoms with van der Waals surface area (Å²) in [4.78, 5) is 12.3. The molecule has 0 aromatic rings. The zero-order valence-corrected chi connectivity index (χ0v) is 11.7. The van der Waals surface area contributed by atoms with Gasteiger partial charge in [-0.3, -0.25) is 9.80 Å². The van der Waals surface area contributed by atoms with E-state index in [1.807, 2.05) is 0 Å². The third-order valence-corrected chi connectivity index (χ3v) is 4.13. The molecule has 1 amide bonds. The summed E-state index contributed by atoms with van der Waals surface area (Å²) in [6.07, 6.45) is 7.54. The van der Waals surface area contributed by atoms with Gasteiger partial charge in [-0.15, -0.1) is 0 Å². The lowest BCUT2D eigenvalue weighted by atomic mass is 9.99. The van der Waals surface area contributed by atoms with Crippen molar-refractivity contribution in [2.75, 3.05) is 20.3 Å². The molecule has 2 fully saturated rings. The maximum Gasteiger partial charge on any atom is 0.237 e. The van der Waals surface area contributed by atoms with Crippen LogP contribution in [-0.2, 0) is 9.53 Å². The van der Waals surface area contributed by atoms with Crippen LogP contribution < -0.4 is 0 Å². The van der Waals surface area contributed by atoms with Gasteiger partial charge in [0.1, 0.15) is 0 Å². The predicted octanol–water partition coefficient (Wildman–Crippen LogP) is 2.19. The van der Waals surface area contributed by atoms with Gasteiger partial charge in [-0.2, -0.15) is 0 Å². The number of carbonyl (C=O) groups excluding carboxylic acids is 1. The largest absolute Gasteiger partial charge is 0.383 e. The minimum absolute atomic E-state index is 0.322. The molecule has 0 radical (unpaired) electrons. The molecule has 4 nitrogen and oxygen atoms in total. The summed E-state index contributed by atoms with van der Waals surface area (Å²) in [7, 11) is 1.75. The van der Waals surface area contributed by atoms with E-state index in [-0.39, 0.29) is 0 Å². The summed E-state index contributed by atoms with van der Waals surface area (Å²) >= 11 is 0. The van der Waals surface area contributed by atoms with Gasteiger partial charge in [0.05, 0.1) is 12.6 Å². The molecule has 2 saturated heterocycles. The Balaban J connectivity index is 2.08. The fourth-order valence-electron chi connectivity index (χ4n) is 3.35. The van der Waals surface area contributed by atoms with Crippen LogP contribution in [0.15, 0.2) is 0 Å². The number of nitrogens with zero attached hydrogens (tertiary/aromatic N) is 2. The molecule has 18 heavy (non-hydrogen) atoms. The number of carbonyl (C=O) groups is 1. The fourth-order valence-corrected chi connectivity index (χ4v) is 3.35. The number of methoxy groups -OCH3 is 1. The van der Waals surface area contributed by atoms with Crippen molar-refractivity contribution in [3.05, 3.63) is 0 Å². The second kappa shape index (κ2) is 6.53. The van der Waals surface area contributed by atoms with E-state index in [1.54, 1.807) is 7.11 Å². The van der Waals surface area contributed by atoms with Crippen molar-refractivity contribution in [2.24, 2.45) is 0 Å². The molecule has 0 unspecified atom stereocenters. The number of amides is 1. The lowest BCUT2D eigenvalue weighted by molar-refractivity contribution is -0.165. The smallest absolute Gasteiger partial charge is 0.237 e. The normalized spacial score (nSPS) is 30.1. The van der Waals surface area contributed by atoms with Crippen molar-refractivity contribution in [1.29, 1.82) is 0 Å². The molecule has 4 heteroatoms. The van der Waals surface area contributed by atoms with Crippen molar-refractivity contribution in [3.8, 4) is 0 Å². The Morgan fingerprint density at radius 3 is 2.78 bits per heavy atom. The van der Waals surface area contributed by atoms with E-state index in [2.05, 4.69) is 16.9 Å². The first-order valence-electron chi connectivity index (χ1n) is 7.35. The average molecular weight is 254 g/mol. The van der Waals surface area contributed by atoms with Crippen molar-refractivity contribution < 1.29 is 9.53 Å². The Labute approximate surface area is 110 Å². The minimum atomic E-state index is 0.322. The molecule has 2 atom stereocenters. The standard InChI is InChI=1S/C14H26N2O2/c1-3-6-12-7-4-9-14(17)16(12)15-10-5-8-13(15)11-18-2/h12-13H,3-11H2,1-2H3/t12-,13-/m0/s1. The summed E-state index contributed by atoms with van der Waals surface area (Å²) in [6, 6.07) is 0.824. The van der Waals surface area contributed by atoms with E-state index in [9.17, 15) is 4.79 Å². The summed E-state index contributed by atoms with van der Waals surface area (Å²) in [5, 5.41) is 4.38. The van der Waals surface area contributed by atoms with Crippen LogP contribution in [0.4, 0.5) is 0 Å². The van der Waals surface area contributed by atoms with Crippen LogP contribution in [0.25, 0.3) is 0 Å². The molecule has 0 bridgehead atoms. The maximum absolute atomic E-state index is 12.3.